The summed E-state index contributed by atoms with van der Waals surface area (Å²) < 4.78 is 18.9. The highest BCUT2D eigenvalue weighted by Crippen LogP contribution is 2.21. The van der Waals surface area contributed by atoms with Gasteiger partial charge in [0.1, 0.15) is 18.2 Å². The van der Waals surface area contributed by atoms with Crippen LogP contribution in [-0.2, 0) is 6.54 Å². The quantitative estimate of drug-likeness (QED) is 0.799. The monoisotopic (exact) mass is 269 g/mol. The van der Waals surface area contributed by atoms with Gasteiger partial charge in [-0.1, -0.05) is 20.8 Å². The maximum atomic E-state index is 13.3. The van der Waals surface area contributed by atoms with Crippen molar-refractivity contribution in [2.45, 2.75) is 52.3 Å². The molecule has 1 rings (SSSR count). The van der Waals surface area contributed by atoms with E-state index in [2.05, 4.69) is 5.32 Å². The molecule has 108 valence electrons. The Labute approximate surface area is 114 Å². The van der Waals surface area contributed by atoms with Gasteiger partial charge in [-0.25, -0.2) is 4.39 Å². The van der Waals surface area contributed by atoms with Gasteiger partial charge in [-0.05, 0) is 31.5 Å². The molecule has 2 N–H and O–H groups in total. The van der Waals surface area contributed by atoms with E-state index in [9.17, 15) is 9.50 Å². The van der Waals surface area contributed by atoms with E-state index in [1.165, 1.54) is 12.1 Å². The molecule has 1 aromatic carbocycles. The zero-order chi connectivity index (χ0) is 14.5. The van der Waals surface area contributed by atoms with Crippen LogP contribution in [0.15, 0.2) is 18.2 Å². The number of halogens is 1. The van der Waals surface area contributed by atoms with Crippen LogP contribution in [0.4, 0.5) is 4.39 Å². The lowest BCUT2D eigenvalue weighted by Gasteiger charge is -2.22. The third-order valence-electron chi connectivity index (χ3n) is 3.02. The molecule has 1 atom stereocenters. The predicted molar refractivity (Wildman–Crippen MR) is 74.8 cm³/mol. The van der Waals surface area contributed by atoms with Gasteiger partial charge in [0.15, 0.2) is 0 Å². The summed E-state index contributed by atoms with van der Waals surface area (Å²) >= 11 is 0. The van der Waals surface area contributed by atoms with Crippen LogP contribution < -0.4 is 10.1 Å². The molecular weight excluding hydrogens is 245 g/mol. The SMILES string of the molecule is CCC(C)(O)COc1ccc(F)cc1CNC(C)C. The van der Waals surface area contributed by atoms with E-state index in [1.807, 2.05) is 20.8 Å². The Morgan fingerprint density at radius 1 is 1.42 bits per heavy atom. The third-order valence-corrected chi connectivity index (χ3v) is 3.02. The second kappa shape index (κ2) is 6.87. The van der Waals surface area contributed by atoms with Crippen molar-refractivity contribution < 1.29 is 14.2 Å². The van der Waals surface area contributed by atoms with Gasteiger partial charge in [-0.15, -0.1) is 0 Å². The summed E-state index contributed by atoms with van der Waals surface area (Å²) in [5.41, 5.74) is -0.0995. The van der Waals surface area contributed by atoms with Crippen molar-refractivity contribution in [1.29, 1.82) is 0 Å². The van der Waals surface area contributed by atoms with E-state index in [1.54, 1.807) is 13.0 Å². The zero-order valence-corrected chi connectivity index (χ0v) is 12.2. The van der Waals surface area contributed by atoms with Crippen molar-refractivity contribution in [3.8, 4) is 5.75 Å². The molecule has 0 aromatic heterocycles. The summed E-state index contributed by atoms with van der Waals surface area (Å²) in [5, 5.41) is 13.2. The summed E-state index contributed by atoms with van der Waals surface area (Å²) in [6, 6.07) is 4.76. The highest BCUT2D eigenvalue weighted by molar-refractivity contribution is 5.34. The minimum Gasteiger partial charge on any atom is -0.490 e. The van der Waals surface area contributed by atoms with Gasteiger partial charge in [-0.3, -0.25) is 0 Å². The fraction of sp³-hybridized carbons (Fsp3) is 0.600. The van der Waals surface area contributed by atoms with Gasteiger partial charge >= 0.3 is 0 Å². The number of nitrogens with one attached hydrogen (secondary N) is 1. The molecule has 4 heteroatoms. The Morgan fingerprint density at radius 2 is 2.11 bits per heavy atom. The van der Waals surface area contributed by atoms with Gasteiger partial charge in [0.25, 0.3) is 0 Å². The van der Waals surface area contributed by atoms with Gasteiger partial charge in [-0.2, -0.15) is 0 Å². The molecule has 0 aliphatic carbocycles. The van der Waals surface area contributed by atoms with Crippen LogP contribution in [0.2, 0.25) is 0 Å². The van der Waals surface area contributed by atoms with Gasteiger partial charge < -0.3 is 15.2 Å². The van der Waals surface area contributed by atoms with Crippen LogP contribution in [0, 0.1) is 5.82 Å². The predicted octanol–water partition coefficient (Wildman–Crippen LogP) is 2.86. The van der Waals surface area contributed by atoms with E-state index in [0.717, 1.165) is 5.56 Å². The van der Waals surface area contributed by atoms with E-state index in [4.69, 9.17) is 4.74 Å². The fourth-order valence-electron chi connectivity index (χ4n) is 1.48. The first kappa shape index (κ1) is 15.9. The van der Waals surface area contributed by atoms with E-state index in [0.29, 0.717) is 24.8 Å². The number of rotatable bonds is 7. The molecule has 0 aliphatic heterocycles. The minimum absolute atomic E-state index is 0.198. The Bertz CT molecular complexity index is 405. The van der Waals surface area contributed by atoms with E-state index in [-0.39, 0.29) is 12.4 Å². The van der Waals surface area contributed by atoms with Crippen LogP contribution in [-0.4, -0.2) is 23.4 Å². The molecule has 0 heterocycles. The molecule has 0 fully saturated rings. The number of benzene rings is 1. The second-order valence-electron chi connectivity index (χ2n) is 5.43. The zero-order valence-electron chi connectivity index (χ0n) is 12.2. The minimum atomic E-state index is -0.864. The van der Waals surface area contributed by atoms with Gasteiger partial charge in [0.2, 0.25) is 0 Å². The lowest BCUT2D eigenvalue weighted by atomic mass is 10.1. The number of hydrogen-bond donors (Lipinski definition) is 2. The number of ether oxygens (including phenoxy) is 1. The van der Waals surface area contributed by atoms with Crippen molar-refractivity contribution in [1.82, 2.24) is 5.32 Å². The highest BCUT2D eigenvalue weighted by Gasteiger charge is 2.19. The molecule has 0 bridgehead atoms. The molecule has 0 saturated heterocycles. The molecule has 0 radical (unpaired) electrons. The first-order valence-corrected chi connectivity index (χ1v) is 6.71. The number of hydrogen-bond acceptors (Lipinski definition) is 3. The average Bonchev–Trinajstić information content (AvgIpc) is 2.35. The molecule has 0 aliphatic rings. The largest absolute Gasteiger partial charge is 0.490 e. The number of aliphatic hydroxyl groups is 1. The lowest BCUT2D eigenvalue weighted by molar-refractivity contribution is 0.00813. The van der Waals surface area contributed by atoms with Gasteiger partial charge in [0, 0.05) is 18.2 Å². The molecule has 1 unspecified atom stereocenters. The van der Waals surface area contributed by atoms with Gasteiger partial charge in [0.05, 0.1) is 5.60 Å². The second-order valence-corrected chi connectivity index (χ2v) is 5.43. The molecular formula is C15H24FNO2. The van der Waals surface area contributed by atoms with Crippen molar-refractivity contribution in [3.05, 3.63) is 29.6 Å². The Morgan fingerprint density at radius 3 is 2.68 bits per heavy atom. The molecule has 0 saturated carbocycles. The van der Waals surface area contributed by atoms with Crippen molar-refractivity contribution >= 4 is 0 Å². The topological polar surface area (TPSA) is 41.5 Å². The van der Waals surface area contributed by atoms with Crippen LogP contribution in [0.3, 0.4) is 0 Å². The first-order chi connectivity index (χ1) is 8.84. The standard InChI is InChI=1S/C15H24FNO2/c1-5-15(4,18)10-19-14-7-6-13(16)8-12(14)9-17-11(2)3/h6-8,11,17-18H,5,9-10H2,1-4H3. The molecule has 3 nitrogen and oxygen atoms in total. The Hall–Kier alpha value is -1.13. The maximum Gasteiger partial charge on any atom is 0.124 e. The van der Waals surface area contributed by atoms with Crippen molar-refractivity contribution in [2.75, 3.05) is 6.61 Å². The third kappa shape index (κ3) is 5.57. The van der Waals surface area contributed by atoms with E-state index >= 15 is 0 Å². The summed E-state index contributed by atoms with van der Waals surface area (Å²) in [4.78, 5) is 0. The summed E-state index contributed by atoms with van der Waals surface area (Å²) in [6.07, 6.45) is 0.605. The lowest BCUT2D eigenvalue weighted by Crippen LogP contribution is -2.31. The summed E-state index contributed by atoms with van der Waals surface area (Å²) in [7, 11) is 0. The van der Waals surface area contributed by atoms with Crippen LogP contribution in [0.1, 0.15) is 39.7 Å². The first-order valence-electron chi connectivity index (χ1n) is 6.71. The highest BCUT2D eigenvalue weighted by atomic mass is 19.1. The van der Waals surface area contributed by atoms with E-state index < -0.39 is 5.60 Å². The molecule has 19 heavy (non-hydrogen) atoms. The maximum absolute atomic E-state index is 13.3. The smallest absolute Gasteiger partial charge is 0.124 e. The van der Waals surface area contributed by atoms with Crippen molar-refractivity contribution in [3.63, 3.8) is 0 Å². The Kier molecular flexibility index (Phi) is 5.76. The molecule has 1 aromatic rings. The van der Waals surface area contributed by atoms with Crippen LogP contribution in [0.5, 0.6) is 5.75 Å². The van der Waals surface area contributed by atoms with Crippen molar-refractivity contribution in [2.24, 2.45) is 0 Å². The van der Waals surface area contributed by atoms with Crippen LogP contribution in [0.25, 0.3) is 0 Å². The summed E-state index contributed by atoms with van der Waals surface area (Å²) in [6.45, 7) is 8.42. The normalized spacial score (nSPS) is 14.5. The average molecular weight is 269 g/mol. The Balaban J connectivity index is 2.76. The summed E-state index contributed by atoms with van der Waals surface area (Å²) in [5.74, 6) is 0.332. The fourth-order valence-corrected chi connectivity index (χ4v) is 1.48. The van der Waals surface area contributed by atoms with Crippen LogP contribution >= 0.6 is 0 Å². The molecule has 0 spiro atoms. The molecule has 0 amide bonds.